The summed E-state index contributed by atoms with van der Waals surface area (Å²) in [6.07, 6.45) is 10.7. The van der Waals surface area contributed by atoms with Crippen molar-refractivity contribution in [2.45, 2.75) is 12.5 Å². The molecule has 0 bridgehead atoms. The topological polar surface area (TPSA) is 9.23 Å². The Morgan fingerprint density at radius 1 is 1.56 bits per heavy atom. The fourth-order valence-electron chi connectivity index (χ4n) is 1.33. The Balaban J connectivity index is 2.18. The summed E-state index contributed by atoms with van der Waals surface area (Å²) in [6.45, 7) is 0.915. The van der Waals surface area contributed by atoms with Crippen molar-refractivity contribution in [3.63, 3.8) is 0 Å². The van der Waals surface area contributed by atoms with E-state index in [9.17, 15) is 0 Å². The maximum Gasteiger partial charge on any atom is 0.0822 e. The summed E-state index contributed by atoms with van der Waals surface area (Å²) in [6, 6.07) is 0. The van der Waals surface area contributed by atoms with Crippen LogP contribution in [-0.2, 0) is 4.74 Å². The first-order chi connectivity index (χ1) is 4.47. The van der Waals surface area contributed by atoms with Gasteiger partial charge in [-0.2, -0.15) is 0 Å². The zero-order valence-electron chi connectivity index (χ0n) is 5.21. The molecule has 1 heterocycles. The Morgan fingerprint density at radius 3 is 3.44 bits per heavy atom. The Bertz CT molecular complexity index is 140. The van der Waals surface area contributed by atoms with Gasteiger partial charge < -0.3 is 4.74 Å². The number of ether oxygens (including phenoxy) is 1. The molecule has 0 aromatic heterocycles. The van der Waals surface area contributed by atoms with Crippen molar-refractivity contribution < 1.29 is 4.74 Å². The summed E-state index contributed by atoms with van der Waals surface area (Å²) in [5.41, 5.74) is 0. The molecule has 1 heteroatoms. The third kappa shape index (κ3) is 0.815. The van der Waals surface area contributed by atoms with Crippen LogP contribution in [0.2, 0.25) is 0 Å². The molecule has 1 aliphatic heterocycles. The number of hydrogen-bond acceptors (Lipinski definition) is 1. The smallest absolute Gasteiger partial charge is 0.0822 e. The van der Waals surface area contributed by atoms with Crippen molar-refractivity contribution in [1.82, 2.24) is 0 Å². The Labute approximate surface area is 55.0 Å². The van der Waals surface area contributed by atoms with Gasteiger partial charge in [0.2, 0.25) is 0 Å². The van der Waals surface area contributed by atoms with Gasteiger partial charge in [0.1, 0.15) is 0 Å². The number of fused-ring (bicyclic) bond motifs is 1. The Morgan fingerprint density at radius 2 is 2.56 bits per heavy atom. The van der Waals surface area contributed by atoms with Crippen LogP contribution in [0.3, 0.4) is 0 Å². The van der Waals surface area contributed by atoms with E-state index in [1.165, 1.54) is 6.42 Å². The average Bonchev–Trinajstić information content (AvgIpc) is 2.33. The van der Waals surface area contributed by atoms with Crippen molar-refractivity contribution in [3.05, 3.63) is 24.3 Å². The fraction of sp³-hybridized carbons (Fsp3) is 0.500. The van der Waals surface area contributed by atoms with E-state index in [4.69, 9.17) is 4.74 Å². The van der Waals surface area contributed by atoms with Crippen LogP contribution in [0.4, 0.5) is 0 Å². The molecule has 1 saturated heterocycles. The quantitative estimate of drug-likeness (QED) is 0.469. The van der Waals surface area contributed by atoms with Gasteiger partial charge in [0.05, 0.1) is 6.10 Å². The second kappa shape index (κ2) is 1.99. The fourth-order valence-corrected chi connectivity index (χ4v) is 1.33. The number of allylic oxidation sites excluding steroid dienone is 2. The zero-order chi connectivity index (χ0) is 6.10. The highest BCUT2D eigenvalue weighted by Gasteiger charge is 2.24. The van der Waals surface area contributed by atoms with Crippen LogP contribution in [0, 0.1) is 12.0 Å². The molecule has 0 N–H and O–H groups in total. The molecular weight excluding hydrogens is 112 g/mol. The SMILES string of the molecule is [C]1=CC2CCOC2C=C1. The normalized spacial score (nSPS) is 39.1. The highest BCUT2D eigenvalue weighted by Crippen LogP contribution is 2.25. The minimum atomic E-state index is 0.367. The van der Waals surface area contributed by atoms with E-state index >= 15 is 0 Å². The summed E-state index contributed by atoms with van der Waals surface area (Å²) >= 11 is 0. The number of rotatable bonds is 0. The van der Waals surface area contributed by atoms with Crippen LogP contribution < -0.4 is 0 Å². The minimum absolute atomic E-state index is 0.367. The van der Waals surface area contributed by atoms with Crippen LogP contribution >= 0.6 is 0 Å². The van der Waals surface area contributed by atoms with Gasteiger partial charge in [-0.15, -0.1) is 0 Å². The van der Waals surface area contributed by atoms with E-state index in [2.05, 4.69) is 18.2 Å². The lowest BCUT2D eigenvalue weighted by atomic mass is 9.97. The summed E-state index contributed by atoms with van der Waals surface area (Å²) < 4.78 is 5.40. The van der Waals surface area contributed by atoms with Crippen molar-refractivity contribution in [3.8, 4) is 0 Å². The second-order valence-electron chi connectivity index (χ2n) is 2.48. The second-order valence-corrected chi connectivity index (χ2v) is 2.48. The summed E-state index contributed by atoms with van der Waals surface area (Å²) in [5, 5.41) is 0. The molecule has 1 aliphatic carbocycles. The molecule has 0 amide bonds. The zero-order valence-corrected chi connectivity index (χ0v) is 5.21. The lowest BCUT2D eigenvalue weighted by Gasteiger charge is -2.11. The maximum absolute atomic E-state index is 5.40. The van der Waals surface area contributed by atoms with Gasteiger partial charge in [-0.25, -0.2) is 0 Å². The lowest BCUT2D eigenvalue weighted by Crippen LogP contribution is -2.12. The van der Waals surface area contributed by atoms with Gasteiger partial charge in [-0.1, -0.05) is 18.2 Å². The molecule has 47 valence electrons. The highest BCUT2D eigenvalue weighted by molar-refractivity contribution is 5.12. The predicted octanol–water partition coefficient (Wildman–Crippen LogP) is 1.32. The largest absolute Gasteiger partial charge is 0.374 e. The van der Waals surface area contributed by atoms with E-state index in [-0.39, 0.29) is 0 Å². The monoisotopic (exact) mass is 121 g/mol. The molecule has 0 spiro atoms. The van der Waals surface area contributed by atoms with Crippen molar-refractivity contribution in [2.75, 3.05) is 6.61 Å². The molecule has 2 rings (SSSR count). The average molecular weight is 121 g/mol. The first kappa shape index (κ1) is 5.24. The van der Waals surface area contributed by atoms with E-state index in [0.717, 1.165) is 6.61 Å². The van der Waals surface area contributed by atoms with Gasteiger partial charge in [-0.05, 0) is 12.5 Å². The molecule has 2 aliphatic rings. The van der Waals surface area contributed by atoms with Gasteiger partial charge >= 0.3 is 0 Å². The molecule has 0 aromatic carbocycles. The predicted molar refractivity (Wildman–Crippen MR) is 34.8 cm³/mol. The molecule has 2 atom stereocenters. The van der Waals surface area contributed by atoms with Crippen molar-refractivity contribution in [2.24, 2.45) is 5.92 Å². The molecule has 1 radical (unpaired) electrons. The van der Waals surface area contributed by atoms with Crippen molar-refractivity contribution in [1.29, 1.82) is 0 Å². The van der Waals surface area contributed by atoms with Crippen LogP contribution in [-0.4, -0.2) is 12.7 Å². The summed E-state index contributed by atoms with van der Waals surface area (Å²) in [4.78, 5) is 0. The summed E-state index contributed by atoms with van der Waals surface area (Å²) in [5.74, 6) is 0.620. The van der Waals surface area contributed by atoms with E-state index in [0.29, 0.717) is 12.0 Å². The first-order valence-corrected chi connectivity index (χ1v) is 3.34. The van der Waals surface area contributed by atoms with Gasteiger partial charge in [0.25, 0.3) is 0 Å². The van der Waals surface area contributed by atoms with Gasteiger partial charge in [0, 0.05) is 12.5 Å². The third-order valence-electron chi connectivity index (χ3n) is 1.88. The molecule has 0 saturated carbocycles. The van der Waals surface area contributed by atoms with Gasteiger partial charge in [-0.3, -0.25) is 0 Å². The standard InChI is InChI=1S/C8H9O/c1-2-4-8-7(3-1)5-6-9-8/h2-4,7-8H,5-6H2. The molecular formula is C8H9O. The Hall–Kier alpha value is -0.560. The highest BCUT2D eigenvalue weighted by atomic mass is 16.5. The maximum atomic E-state index is 5.40. The summed E-state index contributed by atoms with van der Waals surface area (Å²) in [7, 11) is 0. The van der Waals surface area contributed by atoms with Crippen LogP contribution in [0.25, 0.3) is 0 Å². The van der Waals surface area contributed by atoms with E-state index < -0.39 is 0 Å². The van der Waals surface area contributed by atoms with Gasteiger partial charge in [0.15, 0.2) is 0 Å². The first-order valence-electron chi connectivity index (χ1n) is 3.34. The minimum Gasteiger partial charge on any atom is -0.374 e. The lowest BCUT2D eigenvalue weighted by molar-refractivity contribution is 0.134. The molecule has 1 nitrogen and oxygen atoms in total. The van der Waals surface area contributed by atoms with Crippen molar-refractivity contribution >= 4 is 0 Å². The Kier molecular flexibility index (Phi) is 1.16. The number of hydrogen-bond donors (Lipinski definition) is 0. The van der Waals surface area contributed by atoms with Crippen LogP contribution in [0.5, 0.6) is 0 Å². The van der Waals surface area contributed by atoms with E-state index in [1.54, 1.807) is 0 Å². The van der Waals surface area contributed by atoms with Crippen LogP contribution in [0.15, 0.2) is 18.2 Å². The molecule has 0 aromatic rings. The van der Waals surface area contributed by atoms with E-state index in [1.807, 2.05) is 6.08 Å². The molecule has 9 heavy (non-hydrogen) atoms. The van der Waals surface area contributed by atoms with Crippen LogP contribution in [0.1, 0.15) is 6.42 Å². The third-order valence-corrected chi connectivity index (χ3v) is 1.88. The molecule has 1 fully saturated rings. The molecule has 2 unspecified atom stereocenters.